The fourth-order valence-corrected chi connectivity index (χ4v) is 4.49. The number of hydrogen-bond donors (Lipinski definition) is 3. The second-order valence-electron chi connectivity index (χ2n) is 8.43. The zero-order chi connectivity index (χ0) is 22.6. The molecule has 2 rings (SSSR count). The predicted octanol–water partition coefficient (Wildman–Crippen LogP) is 1.27. The van der Waals surface area contributed by atoms with Crippen molar-refractivity contribution >= 4 is 24.3 Å². The summed E-state index contributed by atoms with van der Waals surface area (Å²) in [4.78, 5) is 50.2. The number of amides is 5. The first kappa shape index (κ1) is 25.1. The molecule has 31 heavy (non-hydrogen) atoms. The van der Waals surface area contributed by atoms with Gasteiger partial charge >= 0.3 is 6.03 Å². The van der Waals surface area contributed by atoms with Gasteiger partial charge in [-0.1, -0.05) is 25.7 Å². The highest BCUT2D eigenvalue weighted by molar-refractivity contribution is 5.99. The van der Waals surface area contributed by atoms with E-state index in [4.69, 9.17) is 4.74 Å². The molecular weight excluding hydrogens is 404 g/mol. The van der Waals surface area contributed by atoms with E-state index in [1.807, 2.05) is 0 Å². The van der Waals surface area contributed by atoms with Gasteiger partial charge in [0.2, 0.25) is 12.3 Å². The predicted molar refractivity (Wildman–Crippen MR) is 112 cm³/mol. The number of carbonyl (C=O) groups excluding carboxylic acids is 4. The van der Waals surface area contributed by atoms with Gasteiger partial charge in [0.1, 0.15) is 6.04 Å². The normalized spacial score (nSPS) is 19.8. The Balaban J connectivity index is 1.93. The SMILES string of the molecule is COCCCNC(=O)NC(=O)[C@@H]1CCCN1C(=O)[C@H](CCC1CCCC1)CN(O)C=O. The van der Waals surface area contributed by atoms with Crippen LogP contribution in [0, 0.1) is 11.8 Å². The summed E-state index contributed by atoms with van der Waals surface area (Å²) in [7, 11) is 1.57. The number of nitrogens with zero attached hydrogens (tertiary/aromatic N) is 2. The third kappa shape index (κ3) is 8.10. The van der Waals surface area contributed by atoms with E-state index in [0.717, 1.165) is 19.3 Å². The summed E-state index contributed by atoms with van der Waals surface area (Å²) >= 11 is 0. The Hall–Kier alpha value is -2.20. The number of urea groups is 1. The smallest absolute Gasteiger partial charge is 0.321 e. The molecule has 0 unspecified atom stereocenters. The summed E-state index contributed by atoms with van der Waals surface area (Å²) in [6.45, 7) is 1.20. The minimum Gasteiger partial charge on any atom is -0.385 e. The van der Waals surface area contributed by atoms with Crippen molar-refractivity contribution in [2.24, 2.45) is 11.8 Å². The molecule has 2 atom stereocenters. The molecule has 10 heteroatoms. The van der Waals surface area contributed by atoms with Crippen molar-refractivity contribution in [2.45, 2.75) is 63.8 Å². The molecular formula is C21H36N4O6. The Morgan fingerprint density at radius 2 is 1.97 bits per heavy atom. The lowest BCUT2D eigenvalue weighted by atomic mass is 9.93. The second kappa shape index (κ2) is 13.3. The summed E-state index contributed by atoms with van der Waals surface area (Å²) < 4.78 is 4.91. The lowest BCUT2D eigenvalue weighted by molar-refractivity contribution is -0.158. The highest BCUT2D eigenvalue weighted by Gasteiger charge is 2.38. The quantitative estimate of drug-likeness (QED) is 0.181. The molecule has 1 saturated heterocycles. The van der Waals surface area contributed by atoms with E-state index in [-0.39, 0.29) is 18.9 Å². The molecule has 1 aliphatic heterocycles. The fraction of sp³-hybridized carbons (Fsp3) is 0.810. The molecule has 0 aromatic heterocycles. The van der Waals surface area contributed by atoms with Gasteiger partial charge in [-0.15, -0.1) is 0 Å². The van der Waals surface area contributed by atoms with Crippen molar-refractivity contribution in [3.05, 3.63) is 0 Å². The Bertz CT molecular complexity index is 611. The van der Waals surface area contributed by atoms with E-state index < -0.39 is 23.9 Å². The first-order chi connectivity index (χ1) is 15.0. The molecule has 5 amide bonds. The number of carbonyl (C=O) groups is 4. The maximum absolute atomic E-state index is 13.2. The molecule has 10 nitrogen and oxygen atoms in total. The molecule has 1 heterocycles. The number of ether oxygens (including phenoxy) is 1. The molecule has 0 aromatic rings. The van der Waals surface area contributed by atoms with Crippen LogP contribution in [-0.2, 0) is 19.1 Å². The second-order valence-corrected chi connectivity index (χ2v) is 8.43. The van der Waals surface area contributed by atoms with Crippen LogP contribution >= 0.6 is 0 Å². The highest BCUT2D eigenvalue weighted by Crippen LogP contribution is 2.31. The van der Waals surface area contributed by atoms with Crippen molar-refractivity contribution in [1.82, 2.24) is 20.6 Å². The summed E-state index contributed by atoms with van der Waals surface area (Å²) in [5.74, 6) is -0.775. The molecule has 1 saturated carbocycles. The van der Waals surface area contributed by atoms with Gasteiger partial charge in [0.25, 0.3) is 5.91 Å². The third-order valence-electron chi connectivity index (χ3n) is 6.16. The van der Waals surface area contributed by atoms with Crippen molar-refractivity contribution in [3.8, 4) is 0 Å². The topological polar surface area (TPSA) is 128 Å². The monoisotopic (exact) mass is 440 g/mol. The molecule has 2 fully saturated rings. The lowest BCUT2D eigenvalue weighted by Crippen LogP contribution is -2.52. The number of methoxy groups -OCH3 is 1. The number of hydrogen-bond acceptors (Lipinski definition) is 6. The Kier molecular flexibility index (Phi) is 10.7. The van der Waals surface area contributed by atoms with Crippen molar-refractivity contribution in [3.63, 3.8) is 0 Å². The van der Waals surface area contributed by atoms with Crippen molar-refractivity contribution in [2.75, 3.05) is 33.4 Å². The van der Waals surface area contributed by atoms with Crippen LogP contribution in [0.5, 0.6) is 0 Å². The van der Waals surface area contributed by atoms with E-state index in [0.29, 0.717) is 56.4 Å². The zero-order valence-corrected chi connectivity index (χ0v) is 18.4. The molecule has 0 radical (unpaired) electrons. The summed E-state index contributed by atoms with van der Waals surface area (Å²) in [6.07, 6.45) is 8.15. The Morgan fingerprint density at radius 1 is 1.23 bits per heavy atom. The van der Waals surface area contributed by atoms with E-state index in [9.17, 15) is 24.4 Å². The van der Waals surface area contributed by atoms with E-state index in [1.165, 1.54) is 17.7 Å². The Labute approximate surface area is 183 Å². The van der Waals surface area contributed by atoms with Gasteiger partial charge in [0.05, 0.1) is 12.5 Å². The van der Waals surface area contributed by atoms with Gasteiger partial charge in [0, 0.05) is 26.8 Å². The molecule has 176 valence electrons. The minimum atomic E-state index is -0.727. The maximum atomic E-state index is 13.2. The summed E-state index contributed by atoms with van der Waals surface area (Å²) in [6, 6.07) is -1.32. The van der Waals surface area contributed by atoms with Gasteiger partial charge in [0.15, 0.2) is 0 Å². The summed E-state index contributed by atoms with van der Waals surface area (Å²) in [5.41, 5.74) is 0. The van der Waals surface area contributed by atoms with Crippen molar-refractivity contribution in [1.29, 1.82) is 0 Å². The Morgan fingerprint density at radius 3 is 2.65 bits per heavy atom. The van der Waals surface area contributed by atoms with Crippen LogP contribution in [0.1, 0.15) is 57.8 Å². The number of hydroxylamine groups is 2. The number of nitrogens with one attached hydrogen (secondary N) is 2. The van der Waals surface area contributed by atoms with Crippen LogP contribution in [-0.4, -0.2) is 78.8 Å². The number of likely N-dealkylation sites (tertiary alicyclic amines) is 1. The van der Waals surface area contributed by atoms with Crippen LogP contribution in [0.3, 0.4) is 0 Å². The lowest BCUT2D eigenvalue weighted by Gasteiger charge is -2.29. The minimum absolute atomic E-state index is 0.0973. The third-order valence-corrected chi connectivity index (χ3v) is 6.16. The first-order valence-electron chi connectivity index (χ1n) is 11.2. The molecule has 1 aliphatic carbocycles. The van der Waals surface area contributed by atoms with Gasteiger partial charge < -0.3 is 15.0 Å². The maximum Gasteiger partial charge on any atom is 0.321 e. The van der Waals surface area contributed by atoms with E-state index in [2.05, 4.69) is 10.6 Å². The van der Waals surface area contributed by atoms with E-state index >= 15 is 0 Å². The van der Waals surface area contributed by atoms with Crippen LogP contribution < -0.4 is 10.6 Å². The molecule has 3 N–H and O–H groups in total. The molecule has 0 bridgehead atoms. The van der Waals surface area contributed by atoms with Crippen LogP contribution in [0.2, 0.25) is 0 Å². The average molecular weight is 441 g/mol. The van der Waals surface area contributed by atoms with Crippen molar-refractivity contribution < 1.29 is 29.1 Å². The largest absolute Gasteiger partial charge is 0.385 e. The molecule has 0 spiro atoms. The standard InChI is InChI=1S/C21H36N4O6/c1-31-13-5-11-22-21(29)23-19(27)18-8-4-12-25(18)20(28)17(14-24(30)15-26)10-9-16-6-2-3-7-16/h15-18,30H,2-14H2,1H3,(H2,22,23,27,29)/t17-,18+/m1/s1. The van der Waals surface area contributed by atoms with Gasteiger partial charge in [-0.25, -0.2) is 9.86 Å². The zero-order valence-electron chi connectivity index (χ0n) is 18.4. The molecule has 0 aromatic carbocycles. The number of imide groups is 1. The highest BCUT2D eigenvalue weighted by atomic mass is 16.5. The average Bonchev–Trinajstić information content (AvgIpc) is 3.45. The first-order valence-corrected chi connectivity index (χ1v) is 11.2. The van der Waals surface area contributed by atoms with Gasteiger partial charge in [-0.3, -0.25) is 24.9 Å². The van der Waals surface area contributed by atoms with Crippen LogP contribution in [0.4, 0.5) is 4.79 Å². The van der Waals surface area contributed by atoms with Gasteiger partial charge in [-0.05, 0) is 38.0 Å². The number of rotatable bonds is 12. The van der Waals surface area contributed by atoms with Crippen LogP contribution in [0.25, 0.3) is 0 Å². The van der Waals surface area contributed by atoms with E-state index in [1.54, 1.807) is 7.11 Å². The van der Waals surface area contributed by atoms with Gasteiger partial charge in [-0.2, -0.15) is 0 Å². The molecule has 2 aliphatic rings. The van der Waals surface area contributed by atoms with Crippen LogP contribution in [0.15, 0.2) is 0 Å². The summed E-state index contributed by atoms with van der Waals surface area (Å²) in [5, 5.41) is 15.1. The fourth-order valence-electron chi connectivity index (χ4n) is 4.49.